The van der Waals surface area contributed by atoms with Crippen LogP contribution in [-0.4, -0.2) is 13.2 Å². The Labute approximate surface area is 95.7 Å². The summed E-state index contributed by atoms with van der Waals surface area (Å²) in [5.41, 5.74) is 3.83. The lowest BCUT2D eigenvalue weighted by atomic mass is 10.2. The van der Waals surface area contributed by atoms with Gasteiger partial charge in [-0.25, -0.2) is 4.39 Å². The normalized spacial score (nSPS) is 12.1. The quantitative estimate of drug-likeness (QED) is 0.657. The van der Waals surface area contributed by atoms with Crippen molar-refractivity contribution >= 4 is 0 Å². The Morgan fingerprint density at radius 3 is 2.53 bits per heavy atom. The molecule has 0 aromatic heterocycles. The van der Waals surface area contributed by atoms with Crippen molar-refractivity contribution in [3.63, 3.8) is 0 Å². The molecule has 94 valence electrons. The van der Waals surface area contributed by atoms with E-state index < -0.39 is 17.6 Å². The van der Waals surface area contributed by atoms with Gasteiger partial charge in [-0.15, -0.1) is 0 Å². The van der Waals surface area contributed by atoms with Crippen molar-refractivity contribution in [1.82, 2.24) is 0 Å². The highest BCUT2D eigenvalue weighted by Gasteiger charge is 2.34. The van der Waals surface area contributed by atoms with Crippen LogP contribution in [0.1, 0.15) is 5.56 Å². The maximum absolute atomic E-state index is 12.9. The molecular weight excluding hydrogens is 238 g/mol. The maximum Gasteiger partial charge on any atom is 0.419 e. The molecule has 17 heavy (non-hydrogen) atoms. The fourth-order valence-corrected chi connectivity index (χ4v) is 1.12. The zero-order valence-corrected chi connectivity index (χ0v) is 8.80. The van der Waals surface area contributed by atoms with Crippen LogP contribution in [0, 0.1) is 5.82 Å². The monoisotopic (exact) mass is 249 g/mol. The smallest absolute Gasteiger partial charge is 0.419 e. The van der Waals surface area contributed by atoms with Crippen molar-refractivity contribution in [2.75, 3.05) is 13.2 Å². The van der Waals surface area contributed by atoms with E-state index in [9.17, 15) is 17.6 Å². The molecule has 0 heterocycles. The highest BCUT2D eigenvalue weighted by Crippen LogP contribution is 2.33. The molecule has 6 heteroatoms. The van der Waals surface area contributed by atoms with E-state index in [0.717, 1.165) is 12.1 Å². The highest BCUT2D eigenvalue weighted by molar-refractivity contribution is 5.31. The predicted octanol–water partition coefficient (Wildman–Crippen LogP) is 2.74. The zero-order chi connectivity index (χ0) is 12.9. The zero-order valence-electron chi connectivity index (χ0n) is 8.80. The number of alkyl halides is 3. The van der Waals surface area contributed by atoms with Gasteiger partial charge in [0.05, 0.1) is 5.56 Å². The van der Waals surface area contributed by atoms with Crippen LogP contribution in [0.15, 0.2) is 30.4 Å². The van der Waals surface area contributed by atoms with Crippen molar-refractivity contribution in [3.05, 3.63) is 41.7 Å². The summed E-state index contributed by atoms with van der Waals surface area (Å²) in [6.45, 7) is 0.403. The van der Waals surface area contributed by atoms with Gasteiger partial charge in [-0.2, -0.15) is 13.2 Å². The molecule has 0 fully saturated rings. The van der Waals surface area contributed by atoms with E-state index in [1.54, 1.807) is 12.2 Å². The minimum atomic E-state index is -4.73. The Kier molecular flexibility index (Phi) is 4.51. The van der Waals surface area contributed by atoms with Crippen LogP contribution >= 0.6 is 0 Å². The van der Waals surface area contributed by atoms with Gasteiger partial charge in [0.15, 0.2) is 0 Å². The fourth-order valence-electron chi connectivity index (χ4n) is 1.12. The molecule has 1 aromatic carbocycles. The van der Waals surface area contributed by atoms with E-state index in [0.29, 0.717) is 12.6 Å². The molecule has 0 spiro atoms. The molecule has 0 amide bonds. The van der Waals surface area contributed by atoms with Crippen LogP contribution in [0.25, 0.3) is 0 Å². The van der Waals surface area contributed by atoms with E-state index in [4.69, 9.17) is 10.5 Å². The molecular formula is C11H11F4NO. The molecule has 0 saturated carbocycles. The number of hydrogen-bond acceptors (Lipinski definition) is 2. The van der Waals surface area contributed by atoms with Gasteiger partial charge in [0.25, 0.3) is 0 Å². The summed E-state index contributed by atoms with van der Waals surface area (Å²) in [6, 6.07) is 2.50. The van der Waals surface area contributed by atoms with Gasteiger partial charge in [0.2, 0.25) is 0 Å². The van der Waals surface area contributed by atoms with Gasteiger partial charge in [-0.1, -0.05) is 12.2 Å². The van der Waals surface area contributed by atoms with E-state index >= 15 is 0 Å². The topological polar surface area (TPSA) is 35.2 Å². The number of halogens is 4. The van der Waals surface area contributed by atoms with Crippen molar-refractivity contribution in [3.8, 4) is 5.75 Å². The van der Waals surface area contributed by atoms with E-state index in [1.807, 2.05) is 0 Å². The van der Waals surface area contributed by atoms with Crippen LogP contribution in [0.2, 0.25) is 0 Å². The number of ether oxygens (including phenoxy) is 1. The molecule has 2 N–H and O–H groups in total. The van der Waals surface area contributed by atoms with Gasteiger partial charge < -0.3 is 10.5 Å². The van der Waals surface area contributed by atoms with Gasteiger partial charge in [-0.05, 0) is 18.2 Å². The van der Waals surface area contributed by atoms with E-state index in [-0.39, 0.29) is 12.4 Å². The molecule has 0 radical (unpaired) electrons. The average molecular weight is 249 g/mol. The standard InChI is InChI=1S/C11H11F4NO/c12-10-4-3-8(17-6-2-1-5-16)7-9(10)11(13,14)15/h1-4,7H,5-6,16H2/b2-1+. The molecule has 0 aliphatic rings. The molecule has 0 bridgehead atoms. The van der Waals surface area contributed by atoms with E-state index in [2.05, 4.69) is 0 Å². The minimum Gasteiger partial charge on any atom is -0.490 e. The first kappa shape index (κ1) is 13.5. The first-order chi connectivity index (χ1) is 7.95. The lowest BCUT2D eigenvalue weighted by molar-refractivity contribution is -0.140. The van der Waals surface area contributed by atoms with Crippen LogP contribution in [0.4, 0.5) is 17.6 Å². The van der Waals surface area contributed by atoms with Gasteiger partial charge in [0, 0.05) is 6.54 Å². The molecule has 0 atom stereocenters. The molecule has 1 aromatic rings. The van der Waals surface area contributed by atoms with Crippen molar-refractivity contribution < 1.29 is 22.3 Å². The third kappa shape index (κ3) is 4.07. The van der Waals surface area contributed by atoms with Crippen LogP contribution < -0.4 is 10.5 Å². The largest absolute Gasteiger partial charge is 0.490 e. The van der Waals surface area contributed by atoms with Gasteiger partial charge in [-0.3, -0.25) is 0 Å². The van der Waals surface area contributed by atoms with Crippen molar-refractivity contribution in [2.24, 2.45) is 5.73 Å². The summed E-state index contributed by atoms with van der Waals surface area (Å²) in [6.07, 6.45) is -1.55. The van der Waals surface area contributed by atoms with E-state index in [1.165, 1.54) is 0 Å². The molecule has 0 unspecified atom stereocenters. The maximum atomic E-state index is 12.9. The summed E-state index contributed by atoms with van der Waals surface area (Å²) >= 11 is 0. The third-order valence-corrected chi connectivity index (χ3v) is 1.89. The van der Waals surface area contributed by atoms with Crippen LogP contribution in [0.5, 0.6) is 5.75 Å². The lowest BCUT2D eigenvalue weighted by Crippen LogP contribution is -2.08. The second-order valence-electron chi connectivity index (χ2n) is 3.16. The summed E-state index contributed by atoms with van der Waals surface area (Å²) in [5.74, 6) is -1.36. The number of rotatable bonds is 4. The Morgan fingerprint density at radius 2 is 1.94 bits per heavy atom. The van der Waals surface area contributed by atoms with Crippen molar-refractivity contribution in [1.29, 1.82) is 0 Å². The second-order valence-corrected chi connectivity index (χ2v) is 3.16. The molecule has 0 saturated heterocycles. The predicted molar refractivity (Wildman–Crippen MR) is 55.1 cm³/mol. The number of hydrogen-bond donors (Lipinski definition) is 1. The van der Waals surface area contributed by atoms with Gasteiger partial charge >= 0.3 is 6.18 Å². The Bertz CT molecular complexity index is 401. The lowest BCUT2D eigenvalue weighted by Gasteiger charge is -2.10. The second kappa shape index (κ2) is 5.67. The van der Waals surface area contributed by atoms with Crippen LogP contribution in [0.3, 0.4) is 0 Å². The molecule has 0 aliphatic carbocycles. The van der Waals surface area contributed by atoms with Gasteiger partial charge in [0.1, 0.15) is 18.2 Å². The summed E-state index contributed by atoms with van der Waals surface area (Å²) in [4.78, 5) is 0. The number of nitrogens with two attached hydrogens (primary N) is 1. The summed E-state index contributed by atoms with van der Waals surface area (Å²) < 4.78 is 54.9. The fraction of sp³-hybridized carbons (Fsp3) is 0.273. The Morgan fingerprint density at radius 1 is 1.24 bits per heavy atom. The third-order valence-electron chi connectivity index (χ3n) is 1.89. The average Bonchev–Trinajstić information content (AvgIpc) is 2.25. The first-order valence-corrected chi connectivity index (χ1v) is 4.79. The Balaban J connectivity index is 2.79. The Hall–Kier alpha value is -1.56. The molecule has 0 aliphatic heterocycles. The number of benzene rings is 1. The highest BCUT2D eigenvalue weighted by atomic mass is 19.4. The van der Waals surface area contributed by atoms with Crippen LogP contribution in [-0.2, 0) is 6.18 Å². The summed E-state index contributed by atoms with van der Waals surface area (Å²) in [7, 11) is 0. The molecule has 2 nitrogen and oxygen atoms in total. The molecule has 1 rings (SSSR count). The summed E-state index contributed by atoms with van der Waals surface area (Å²) in [5, 5.41) is 0. The van der Waals surface area contributed by atoms with Crippen molar-refractivity contribution in [2.45, 2.75) is 6.18 Å². The minimum absolute atomic E-state index is 0.0413. The first-order valence-electron chi connectivity index (χ1n) is 4.79. The SMILES string of the molecule is NC/C=C/COc1ccc(F)c(C(F)(F)F)c1.